The fourth-order valence-electron chi connectivity index (χ4n) is 8.82. The molecule has 2 heteroatoms. The monoisotopic (exact) mass is 780 g/mol. The van der Waals surface area contributed by atoms with Gasteiger partial charge in [-0.15, -0.1) is 0 Å². The molecule has 0 bridgehead atoms. The van der Waals surface area contributed by atoms with E-state index in [0.29, 0.717) is 0 Å². The zero-order valence-corrected chi connectivity index (χ0v) is 35.6. The van der Waals surface area contributed by atoms with E-state index in [2.05, 4.69) is 226 Å². The maximum Gasteiger partial charge on any atom is 0.0467 e. The second-order valence-corrected chi connectivity index (χ2v) is 16.6. The van der Waals surface area contributed by atoms with Gasteiger partial charge in [-0.05, 0) is 146 Å². The zero-order valence-electron chi connectivity index (χ0n) is 35.6. The number of benzene rings is 7. The Balaban J connectivity index is 1.08. The van der Waals surface area contributed by atoms with Gasteiger partial charge in [-0.1, -0.05) is 164 Å². The van der Waals surface area contributed by atoms with Gasteiger partial charge in [0.25, 0.3) is 0 Å². The highest BCUT2D eigenvalue weighted by Crippen LogP contribution is 2.46. The molecule has 60 heavy (non-hydrogen) atoms. The molecule has 0 aromatic heterocycles. The van der Waals surface area contributed by atoms with Gasteiger partial charge in [0.2, 0.25) is 0 Å². The number of anilines is 5. The van der Waals surface area contributed by atoms with Crippen LogP contribution in [0, 0.1) is 20.8 Å². The van der Waals surface area contributed by atoms with Crippen LogP contribution in [0.5, 0.6) is 0 Å². The topological polar surface area (TPSA) is 6.48 Å². The summed E-state index contributed by atoms with van der Waals surface area (Å²) >= 11 is 0. The number of hydrogen-bond acceptors (Lipinski definition) is 2. The summed E-state index contributed by atoms with van der Waals surface area (Å²) in [7, 11) is 0. The van der Waals surface area contributed by atoms with Crippen molar-refractivity contribution in [2.45, 2.75) is 65.2 Å². The molecular formula is C58H56N2. The first-order chi connectivity index (χ1) is 29.3. The van der Waals surface area contributed by atoms with Gasteiger partial charge in [-0.2, -0.15) is 0 Å². The Morgan fingerprint density at radius 3 is 1.42 bits per heavy atom. The molecule has 7 aromatic rings. The van der Waals surface area contributed by atoms with E-state index >= 15 is 0 Å². The summed E-state index contributed by atoms with van der Waals surface area (Å²) in [6.07, 6.45) is 14.3. The number of aryl methyl sites for hydroxylation is 3. The molecular weight excluding hydrogens is 725 g/mol. The first kappa shape index (κ1) is 40.2. The van der Waals surface area contributed by atoms with Crippen LogP contribution >= 0.6 is 0 Å². The van der Waals surface area contributed by atoms with E-state index in [-0.39, 0.29) is 5.41 Å². The van der Waals surface area contributed by atoms with Crippen molar-refractivity contribution in [3.63, 3.8) is 0 Å². The van der Waals surface area contributed by atoms with E-state index in [4.69, 9.17) is 0 Å². The smallest absolute Gasteiger partial charge is 0.0467 e. The third kappa shape index (κ3) is 8.84. The molecule has 0 atom stereocenters. The molecule has 0 N–H and O–H groups in total. The van der Waals surface area contributed by atoms with Crippen molar-refractivity contribution in [2.75, 3.05) is 9.80 Å². The highest BCUT2D eigenvalue weighted by Gasteiger charge is 2.35. The molecule has 0 spiro atoms. The van der Waals surface area contributed by atoms with E-state index in [1.54, 1.807) is 0 Å². The minimum Gasteiger partial charge on any atom is -0.317 e. The van der Waals surface area contributed by atoms with E-state index in [0.717, 1.165) is 46.9 Å². The summed E-state index contributed by atoms with van der Waals surface area (Å²) < 4.78 is 0. The summed E-state index contributed by atoms with van der Waals surface area (Å²) in [4.78, 5) is 4.62. The Morgan fingerprint density at radius 1 is 0.483 bits per heavy atom. The van der Waals surface area contributed by atoms with Gasteiger partial charge < -0.3 is 9.80 Å². The quantitative estimate of drug-likeness (QED) is 0.114. The average molecular weight is 781 g/mol. The van der Waals surface area contributed by atoms with E-state index < -0.39 is 0 Å². The van der Waals surface area contributed by atoms with Gasteiger partial charge in [0.05, 0.1) is 0 Å². The molecule has 1 saturated carbocycles. The summed E-state index contributed by atoms with van der Waals surface area (Å²) in [6.45, 7) is 12.4. The SMILES string of the molecule is C=C/C=C(C)\C=C/N(c1ccc(C)cc1)c1cccc(-c2ccc(C3(c4ccc(-c5cccc(N(c6ccc(C)cc6)c6ccc(C)cc6)c5)cc4)CCCCC3)cc2)c1. The first-order valence-electron chi connectivity index (χ1n) is 21.5. The number of rotatable bonds is 12. The lowest BCUT2D eigenvalue weighted by Gasteiger charge is -2.39. The summed E-state index contributed by atoms with van der Waals surface area (Å²) in [5, 5.41) is 0. The first-order valence-corrected chi connectivity index (χ1v) is 21.5. The minimum atomic E-state index is -0.00344. The Hall–Kier alpha value is -6.64. The lowest BCUT2D eigenvalue weighted by Crippen LogP contribution is -2.30. The van der Waals surface area contributed by atoms with Crippen molar-refractivity contribution in [1.29, 1.82) is 0 Å². The van der Waals surface area contributed by atoms with Crippen LogP contribution in [0.1, 0.15) is 66.8 Å². The molecule has 0 heterocycles. The largest absolute Gasteiger partial charge is 0.317 e. The van der Waals surface area contributed by atoms with Crippen LogP contribution in [-0.4, -0.2) is 0 Å². The molecule has 0 unspecified atom stereocenters. The highest BCUT2D eigenvalue weighted by molar-refractivity contribution is 5.80. The van der Waals surface area contributed by atoms with Gasteiger partial charge in [-0.25, -0.2) is 0 Å². The van der Waals surface area contributed by atoms with Gasteiger partial charge in [0.15, 0.2) is 0 Å². The third-order valence-corrected chi connectivity index (χ3v) is 12.2. The van der Waals surface area contributed by atoms with Crippen LogP contribution in [-0.2, 0) is 5.41 Å². The van der Waals surface area contributed by atoms with Gasteiger partial charge in [0, 0.05) is 40.1 Å². The molecule has 0 amide bonds. The maximum absolute atomic E-state index is 3.87. The van der Waals surface area contributed by atoms with Crippen LogP contribution in [0.3, 0.4) is 0 Å². The van der Waals surface area contributed by atoms with Crippen molar-refractivity contribution >= 4 is 28.4 Å². The average Bonchev–Trinajstić information content (AvgIpc) is 3.29. The molecule has 298 valence electrons. The van der Waals surface area contributed by atoms with Gasteiger partial charge in [0.1, 0.15) is 0 Å². The van der Waals surface area contributed by atoms with Gasteiger partial charge in [-0.3, -0.25) is 0 Å². The summed E-state index contributed by atoms with van der Waals surface area (Å²) in [5.74, 6) is 0. The number of nitrogens with zero attached hydrogens (tertiary/aromatic N) is 2. The molecule has 0 saturated heterocycles. The lowest BCUT2D eigenvalue weighted by molar-refractivity contribution is 0.346. The number of allylic oxidation sites excluding steroid dienone is 4. The molecule has 8 rings (SSSR count). The molecule has 0 radical (unpaired) electrons. The van der Waals surface area contributed by atoms with Crippen molar-refractivity contribution in [3.05, 3.63) is 234 Å². The molecule has 2 nitrogen and oxygen atoms in total. The second kappa shape index (κ2) is 18.1. The molecule has 1 fully saturated rings. The third-order valence-electron chi connectivity index (χ3n) is 12.2. The minimum absolute atomic E-state index is 0.00344. The molecule has 1 aliphatic rings. The fourth-order valence-corrected chi connectivity index (χ4v) is 8.82. The predicted octanol–water partition coefficient (Wildman–Crippen LogP) is 16.4. The van der Waals surface area contributed by atoms with E-state index in [1.807, 2.05) is 12.2 Å². The second-order valence-electron chi connectivity index (χ2n) is 16.6. The fraction of sp³-hybridized carbons (Fsp3) is 0.172. The van der Waals surface area contributed by atoms with Crippen LogP contribution in [0.25, 0.3) is 22.3 Å². The van der Waals surface area contributed by atoms with Crippen LogP contribution < -0.4 is 9.80 Å². The molecule has 0 aliphatic heterocycles. The van der Waals surface area contributed by atoms with Crippen molar-refractivity contribution in [2.24, 2.45) is 0 Å². The van der Waals surface area contributed by atoms with Crippen molar-refractivity contribution in [1.82, 2.24) is 0 Å². The lowest BCUT2D eigenvalue weighted by atomic mass is 9.65. The van der Waals surface area contributed by atoms with E-state index in [1.165, 1.54) is 69.3 Å². The normalized spacial score (nSPS) is 13.9. The van der Waals surface area contributed by atoms with Gasteiger partial charge >= 0.3 is 0 Å². The van der Waals surface area contributed by atoms with Crippen LogP contribution in [0.15, 0.2) is 206 Å². The predicted molar refractivity (Wildman–Crippen MR) is 258 cm³/mol. The Kier molecular flexibility index (Phi) is 12.1. The van der Waals surface area contributed by atoms with Crippen LogP contribution in [0.2, 0.25) is 0 Å². The Bertz CT molecular complexity index is 2540. The Morgan fingerprint density at radius 2 is 0.933 bits per heavy atom. The molecule has 7 aromatic carbocycles. The zero-order chi connectivity index (χ0) is 41.5. The Labute approximate surface area is 358 Å². The van der Waals surface area contributed by atoms with Crippen molar-refractivity contribution < 1.29 is 0 Å². The highest BCUT2D eigenvalue weighted by atomic mass is 15.1. The van der Waals surface area contributed by atoms with Crippen molar-refractivity contribution in [3.8, 4) is 22.3 Å². The van der Waals surface area contributed by atoms with Crippen LogP contribution in [0.4, 0.5) is 28.4 Å². The standard InChI is InChI=1S/C58H56N2/c1-6-12-43(2)37-40-59(53-31-17-44(3)18-32-53)56-15-10-13-49(41-56)47-23-27-51(28-24-47)58(38-8-7-9-39-58)52-29-25-48(26-30-52)50-14-11-16-57(42-50)60(54-33-19-45(4)20-34-54)55-35-21-46(5)22-36-55/h6,10-37,40-42H,1,7-9,38-39H2,2-5H3/b40-37-,43-12-. The summed E-state index contributed by atoms with van der Waals surface area (Å²) in [6, 6.07) is 63.2. The maximum atomic E-state index is 3.87. The molecule has 1 aliphatic carbocycles. The summed E-state index contributed by atoms with van der Waals surface area (Å²) in [5.41, 5.74) is 18.3. The number of hydrogen-bond donors (Lipinski definition) is 0. The van der Waals surface area contributed by atoms with E-state index in [9.17, 15) is 0 Å².